The molecule has 1 aromatic rings. The summed E-state index contributed by atoms with van der Waals surface area (Å²) in [4.78, 5) is 12.0. The van der Waals surface area contributed by atoms with Crippen LogP contribution in [0.3, 0.4) is 0 Å². The monoisotopic (exact) mass is 265 g/mol. The zero-order valence-electron chi connectivity index (χ0n) is 11.9. The third kappa shape index (κ3) is 5.30. The van der Waals surface area contributed by atoms with Crippen LogP contribution in [-0.4, -0.2) is 32.3 Å². The molecule has 4 nitrogen and oxygen atoms in total. The fourth-order valence-corrected chi connectivity index (χ4v) is 1.71. The van der Waals surface area contributed by atoms with E-state index < -0.39 is 0 Å². The molecule has 0 amide bonds. The van der Waals surface area contributed by atoms with E-state index in [1.165, 1.54) is 0 Å². The molecule has 4 heteroatoms. The summed E-state index contributed by atoms with van der Waals surface area (Å²) >= 11 is 0. The Morgan fingerprint density at radius 3 is 2.79 bits per heavy atom. The van der Waals surface area contributed by atoms with Gasteiger partial charge < -0.3 is 14.8 Å². The molecule has 1 rings (SSSR count). The second kappa shape index (κ2) is 8.53. The van der Waals surface area contributed by atoms with Gasteiger partial charge in [-0.2, -0.15) is 0 Å². The number of hydrogen-bond donors (Lipinski definition) is 1. The van der Waals surface area contributed by atoms with Gasteiger partial charge in [-0.15, -0.1) is 0 Å². The summed E-state index contributed by atoms with van der Waals surface area (Å²) in [5.74, 6) is 0.195. The minimum Gasteiger partial charge on any atom is -0.496 e. The Hall–Kier alpha value is -1.55. The van der Waals surface area contributed by atoms with Crippen LogP contribution >= 0.6 is 0 Å². The molecule has 19 heavy (non-hydrogen) atoms. The molecule has 0 aromatic heterocycles. The highest BCUT2D eigenvalue weighted by Gasteiger charge is 2.15. The lowest BCUT2D eigenvalue weighted by molar-refractivity contribution is 0.0339. The van der Waals surface area contributed by atoms with E-state index in [4.69, 9.17) is 9.47 Å². The highest BCUT2D eigenvalue weighted by molar-refractivity contribution is 5.92. The number of ether oxygens (including phenoxy) is 2. The van der Waals surface area contributed by atoms with E-state index >= 15 is 0 Å². The molecule has 0 fully saturated rings. The molecule has 106 valence electrons. The molecule has 0 bridgehead atoms. The lowest BCUT2D eigenvalue weighted by Crippen LogP contribution is -2.29. The number of carbonyl (C=O) groups is 1. The molecule has 0 radical (unpaired) electrons. The molecule has 1 aromatic carbocycles. The summed E-state index contributed by atoms with van der Waals surface area (Å²) in [6.07, 6.45) is 2.13. The van der Waals surface area contributed by atoms with Gasteiger partial charge >= 0.3 is 5.97 Å². The highest BCUT2D eigenvalue weighted by Crippen LogP contribution is 2.18. The molecule has 0 aliphatic carbocycles. The average molecular weight is 265 g/mol. The first-order valence-corrected chi connectivity index (χ1v) is 6.73. The van der Waals surface area contributed by atoms with Gasteiger partial charge in [0, 0.05) is 6.54 Å². The normalized spacial score (nSPS) is 11.9. The van der Waals surface area contributed by atoms with Gasteiger partial charge in [0.15, 0.2) is 0 Å². The van der Waals surface area contributed by atoms with Gasteiger partial charge in [0.1, 0.15) is 17.4 Å². The molecule has 0 aliphatic rings. The Kier molecular flexibility index (Phi) is 6.97. The van der Waals surface area contributed by atoms with E-state index in [0.29, 0.717) is 17.9 Å². The van der Waals surface area contributed by atoms with Crippen molar-refractivity contribution in [2.24, 2.45) is 0 Å². The van der Waals surface area contributed by atoms with Crippen LogP contribution in [0.25, 0.3) is 0 Å². The lowest BCUT2D eigenvalue weighted by atomic mass is 10.2. The second-order valence-corrected chi connectivity index (χ2v) is 4.47. The van der Waals surface area contributed by atoms with E-state index in [0.717, 1.165) is 19.4 Å². The Morgan fingerprint density at radius 2 is 2.11 bits per heavy atom. The summed E-state index contributed by atoms with van der Waals surface area (Å²) < 4.78 is 10.5. The molecule has 1 unspecified atom stereocenters. The van der Waals surface area contributed by atoms with Crippen molar-refractivity contribution < 1.29 is 14.3 Å². The SMILES string of the molecule is CCCCNCC(C)OC(=O)c1ccccc1OC. The minimum atomic E-state index is -0.345. The zero-order valence-corrected chi connectivity index (χ0v) is 11.9. The average Bonchev–Trinajstić information content (AvgIpc) is 2.43. The van der Waals surface area contributed by atoms with E-state index in [2.05, 4.69) is 12.2 Å². The Morgan fingerprint density at radius 1 is 1.37 bits per heavy atom. The van der Waals surface area contributed by atoms with Gasteiger partial charge in [0.05, 0.1) is 7.11 Å². The number of esters is 1. The highest BCUT2D eigenvalue weighted by atomic mass is 16.5. The third-order valence-electron chi connectivity index (χ3n) is 2.77. The topological polar surface area (TPSA) is 47.6 Å². The van der Waals surface area contributed by atoms with Crippen molar-refractivity contribution in [3.05, 3.63) is 29.8 Å². The molecule has 0 heterocycles. The number of unbranched alkanes of at least 4 members (excludes halogenated alkanes) is 1. The van der Waals surface area contributed by atoms with Gasteiger partial charge in [-0.25, -0.2) is 4.79 Å². The van der Waals surface area contributed by atoms with Crippen molar-refractivity contribution in [1.29, 1.82) is 0 Å². The second-order valence-electron chi connectivity index (χ2n) is 4.47. The summed E-state index contributed by atoms with van der Waals surface area (Å²) in [6.45, 7) is 5.65. The van der Waals surface area contributed by atoms with Crippen LogP contribution in [0.5, 0.6) is 5.75 Å². The van der Waals surface area contributed by atoms with Gasteiger partial charge in [0.2, 0.25) is 0 Å². The Labute approximate surface area is 115 Å². The third-order valence-corrected chi connectivity index (χ3v) is 2.77. The van der Waals surface area contributed by atoms with Crippen LogP contribution in [0.1, 0.15) is 37.0 Å². The van der Waals surface area contributed by atoms with Crippen molar-refractivity contribution in [2.45, 2.75) is 32.8 Å². The van der Waals surface area contributed by atoms with Gasteiger partial charge in [0.25, 0.3) is 0 Å². The van der Waals surface area contributed by atoms with Crippen LogP contribution in [0.2, 0.25) is 0 Å². The van der Waals surface area contributed by atoms with Gasteiger partial charge in [-0.05, 0) is 32.0 Å². The molecule has 0 saturated carbocycles. The maximum atomic E-state index is 12.0. The van der Waals surface area contributed by atoms with Crippen molar-refractivity contribution in [1.82, 2.24) is 5.32 Å². The van der Waals surface area contributed by atoms with Crippen LogP contribution in [0, 0.1) is 0 Å². The van der Waals surface area contributed by atoms with E-state index in [9.17, 15) is 4.79 Å². The van der Waals surface area contributed by atoms with Crippen LogP contribution in [-0.2, 0) is 4.74 Å². The summed E-state index contributed by atoms with van der Waals surface area (Å²) in [5, 5.41) is 3.26. The predicted octanol–water partition coefficient (Wildman–Crippen LogP) is 2.63. The predicted molar refractivity (Wildman–Crippen MR) is 75.6 cm³/mol. The minimum absolute atomic E-state index is 0.158. The Balaban J connectivity index is 2.45. The largest absolute Gasteiger partial charge is 0.496 e. The summed E-state index contributed by atoms with van der Waals surface area (Å²) in [5.41, 5.74) is 0.463. The number of nitrogens with one attached hydrogen (secondary N) is 1. The maximum absolute atomic E-state index is 12.0. The van der Waals surface area contributed by atoms with Crippen molar-refractivity contribution in [3.63, 3.8) is 0 Å². The molecule has 0 aliphatic heterocycles. The number of methoxy groups -OCH3 is 1. The molecule has 1 N–H and O–H groups in total. The van der Waals surface area contributed by atoms with Crippen molar-refractivity contribution in [3.8, 4) is 5.75 Å². The number of benzene rings is 1. The number of hydrogen-bond acceptors (Lipinski definition) is 4. The van der Waals surface area contributed by atoms with Crippen LogP contribution < -0.4 is 10.1 Å². The quantitative estimate of drug-likeness (QED) is 0.580. The first-order valence-electron chi connectivity index (χ1n) is 6.73. The first-order chi connectivity index (χ1) is 9.19. The van der Waals surface area contributed by atoms with E-state index in [1.807, 2.05) is 13.0 Å². The smallest absolute Gasteiger partial charge is 0.342 e. The van der Waals surface area contributed by atoms with Crippen LogP contribution in [0.4, 0.5) is 0 Å². The summed E-state index contributed by atoms with van der Waals surface area (Å²) in [6, 6.07) is 7.08. The first kappa shape index (κ1) is 15.5. The Bertz CT molecular complexity index is 393. The van der Waals surface area contributed by atoms with Crippen molar-refractivity contribution in [2.75, 3.05) is 20.2 Å². The molecule has 0 saturated heterocycles. The summed E-state index contributed by atoms with van der Waals surface area (Å²) in [7, 11) is 1.54. The van der Waals surface area contributed by atoms with E-state index in [1.54, 1.807) is 25.3 Å². The number of para-hydroxylation sites is 1. The van der Waals surface area contributed by atoms with Gasteiger partial charge in [-0.1, -0.05) is 25.5 Å². The molecule has 1 atom stereocenters. The van der Waals surface area contributed by atoms with Gasteiger partial charge in [-0.3, -0.25) is 0 Å². The fraction of sp³-hybridized carbons (Fsp3) is 0.533. The molecule has 0 spiro atoms. The number of carbonyl (C=O) groups excluding carboxylic acids is 1. The lowest BCUT2D eigenvalue weighted by Gasteiger charge is -2.15. The fourth-order valence-electron chi connectivity index (χ4n) is 1.71. The maximum Gasteiger partial charge on any atom is 0.342 e. The molecular formula is C15H23NO3. The van der Waals surface area contributed by atoms with Crippen LogP contribution in [0.15, 0.2) is 24.3 Å². The standard InChI is InChI=1S/C15H23NO3/c1-4-5-10-16-11-12(2)19-15(17)13-8-6-7-9-14(13)18-3/h6-9,12,16H,4-5,10-11H2,1-3H3. The number of rotatable bonds is 8. The van der Waals surface area contributed by atoms with Crippen molar-refractivity contribution >= 4 is 5.97 Å². The molecular weight excluding hydrogens is 242 g/mol. The zero-order chi connectivity index (χ0) is 14.1. The van der Waals surface area contributed by atoms with E-state index in [-0.39, 0.29) is 12.1 Å².